The van der Waals surface area contributed by atoms with Gasteiger partial charge < -0.3 is 15.5 Å². The molecule has 2 aromatic rings. The molecular formula is C20H21N3O3. The number of nitrogens with one attached hydrogen (secondary N) is 2. The Hall–Kier alpha value is -3.15. The van der Waals surface area contributed by atoms with E-state index in [9.17, 15) is 14.4 Å². The smallest absolute Gasteiger partial charge is 0.251 e. The molecule has 0 aliphatic carbocycles. The Bertz CT molecular complexity index is 820. The molecule has 2 aromatic carbocycles. The Morgan fingerprint density at radius 2 is 1.88 bits per heavy atom. The average molecular weight is 351 g/mol. The molecule has 1 fully saturated rings. The van der Waals surface area contributed by atoms with Gasteiger partial charge in [0.25, 0.3) is 5.91 Å². The van der Waals surface area contributed by atoms with Crippen LogP contribution in [0.3, 0.4) is 0 Å². The fourth-order valence-electron chi connectivity index (χ4n) is 3.03. The van der Waals surface area contributed by atoms with Crippen molar-refractivity contribution in [2.75, 3.05) is 18.9 Å². The first-order valence-electron chi connectivity index (χ1n) is 8.51. The molecule has 6 heteroatoms. The Kier molecular flexibility index (Phi) is 5.31. The Balaban J connectivity index is 1.62. The number of nitrogens with zero attached hydrogens (tertiary/aromatic N) is 1. The molecule has 1 atom stereocenters. The van der Waals surface area contributed by atoms with Gasteiger partial charge in [-0.1, -0.05) is 36.4 Å². The van der Waals surface area contributed by atoms with Crippen molar-refractivity contribution in [2.45, 2.75) is 13.0 Å². The second kappa shape index (κ2) is 7.82. The van der Waals surface area contributed by atoms with Crippen LogP contribution in [0.1, 0.15) is 22.3 Å². The lowest BCUT2D eigenvalue weighted by atomic mass is 10.1. The topological polar surface area (TPSA) is 78.5 Å². The summed E-state index contributed by atoms with van der Waals surface area (Å²) in [6.45, 7) is 0.907. The third kappa shape index (κ3) is 4.08. The molecule has 2 N–H and O–H groups in total. The van der Waals surface area contributed by atoms with E-state index in [4.69, 9.17) is 0 Å². The normalized spacial score (nSPS) is 16.4. The van der Waals surface area contributed by atoms with Gasteiger partial charge in [-0.15, -0.1) is 0 Å². The average Bonchev–Trinajstić information content (AvgIpc) is 3.03. The minimum Gasteiger partial charge on any atom is -0.355 e. The molecule has 26 heavy (non-hydrogen) atoms. The first-order valence-corrected chi connectivity index (χ1v) is 8.51. The standard InChI is InChI=1S/C20H21N3O3/c1-21-19(25)15-8-5-9-17(10-15)22-20(26)16-11-18(24)23(13-16)12-14-6-3-2-4-7-14/h2-10,16H,11-13H2,1H3,(H,21,25)(H,22,26)/t16-/m1/s1. The molecule has 0 unspecified atom stereocenters. The number of amides is 3. The number of anilines is 1. The van der Waals surface area contributed by atoms with Crippen molar-refractivity contribution >= 4 is 23.4 Å². The van der Waals surface area contributed by atoms with Crippen molar-refractivity contribution in [1.82, 2.24) is 10.2 Å². The molecule has 3 amide bonds. The lowest BCUT2D eigenvalue weighted by Crippen LogP contribution is -2.28. The van der Waals surface area contributed by atoms with Gasteiger partial charge in [0.1, 0.15) is 0 Å². The third-order valence-electron chi connectivity index (χ3n) is 4.42. The predicted molar refractivity (Wildman–Crippen MR) is 98.4 cm³/mol. The van der Waals surface area contributed by atoms with E-state index in [0.717, 1.165) is 5.56 Å². The number of carbonyl (C=O) groups is 3. The molecule has 0 spiro atoms. The van der Waals surface area contributed by atoms with Crippen LogP contribution in [0.2, 0.25) is 0 Å². The minimum absolute atomic E-state index is 0.0203. The van der Waals surface area contributed by atoms with Crippen LogP contribution in [0.4, 0.5) is 5.69 Å². The summed E-state index contributed by atoms with van der Waals surface area (Å²) in [7, 11) is 1.55. The van der Waals surface area contributed by atoms with Crippen LogP contribution in [0.5, 0.6) is 0 Å². The minimum atomic E-state index is -0.394. The summed E-state index contributed by atoms with van der Waals surface area (Å²) < 4.78 is 0. The highest BCUT2D eigenvalue weighted by Gasteiger charge is 2.34. The van der Waals surface area contributed by atoms with Crippen LogP contribution in [-0.2, 0) is 16.1 Å². The zero-order valence-electron chi connectivity index (χ0n) is 14.6. The Morgan fingerprint density at radius 3 is 2.62 bits per heavy atom. The van der Waals surface area contributed by atoms with Crippen molar-refractivity contribution < 1.29 is 14.4 Å². The van der Waals surface area contributed by atoms with Gasteiger partial charge in [-0.2, -0.15) is 0 Å². The summed E-state index contributed by atoms with van der Waals surface area (Å²) in [5.74, 6) is -0.836. The number of carbonyl (C=O) groups excluding carboxylic acids is 3. The SMILES string of the molecule is CNC(=O)c1cccc(NC(=O)[C@@H]2CC(=O)N(Cc3ccccc3)C2)c1. The Labute approximate surface area is 152 Å². The largest absolute Gasteiger partial charge is 0.355 e. The van der Waals surface area contributed by atoms with E-state index >= 15 is 0 Å². The van der Waals surface area contributed by atoms with Crippen LogP contribution in [-0.4, -0.2) is 36.2 Å². The highest BCUT2D eigenvalue weighted by atomic mass is 16.2. The number of rotatable bonds is 5. The molecule has 134 valence electrons. The highest BCUT2D eigenvalue weighted by Crippen LogP contribution is 2.22. The van der Waals surface area contributed by atoms with Crippen molar-refractivity contribution in [3.63, 3.8) is 0 Å². The maximum Gasteiger partial charge on any atom is 0.251 e. The summed E-state index contributed by atoms with van der Waals surface area (Å²) in [6.07, 6.45) is 0.202. The molecule has 1 heterocycles. The number of benzene rings is 2. The Morgan fingerprint density at radius 1 is 1.12 bits per heavy atom. The second-order valence-electron chi connectivity index (χ2n) is 6.31. The maximum absolute atomic E-state index is 12.5. The van der Waals surface area contributed by atoms with Gasteiger partial charge in [0.05, 0.1) is 5.92 Å². The lowest BCUT2D eigenvalue weighted by Gasteiger charge is -2.16. The van der Waals surface area contributed by atoms with Crippen LogP contribution in [0.25, 0.3) is 0 Å². The van der Waals surface area contributed by atoms with Gasteiger partial charge in [0.2, 0.25) is 11.8 Å². The number of hydrogen-bond acceptors (Lipinski definition) is 3. The van der Waals surface area contributed by atoms with Crippen molar-refractivity contribution in [1.29, 1.82) is 0 Å². The quantitative estimate of drug-likeness (QED) is 0.865. The van der Waals surface area contributed by atoms with E-state index in [0.29, 0.717) is 24.3 Å². The summed E-state index contributed by atoms with van der Waals surface area (Å²) in [5.41, 5.74) is 2.06. The second-order valence-corrected chi connectivity index (χ2v) is 6.31. The van der Waals surface area contributed by atoms with Crippen molar-refractivity contribution in [3.05, 3.63) is 65.7 Å². The van der Waals surface area contributed by atoms with Gasteiger partial charge in [0.15, 0.2) is 0 Å². The molecule has 0 radical (unpaired) electrons. The van der Waals surface area contributed by atoms with E-state index in [2.05, 4.69) is 10.6 Å². The van der Waals surface area contributed by atoms with Crippen molar-refractivity contribution in [3.8, 4) is 0 Å². The van der Waals surface area contributed by atoms with Gasteiger partial charge in [-0.25, -0.2) is 0 Å². The van der Waals surface area contributed by atoms with E-state index in [1.807, 2.05) is 30.3 Å². The van der Waals surface area contributed by atoms with Crippen LogP contribution in [0, 0.1) is 5.92 Å². The fourth-order valence-corrected chi connectivity index (χ4v) is 3.03. The third-order valence-corrected chi connectivity index (χ3v) is 4.42. The summed E-state index contributed by atoms with van der Waals surface area (Å²) in [5, 5.41) is 5.36. The zero-order valence-corrected chi connectivity index (χ0v) is 14.6. The number of likely N-dealkylation sites (tertiary alicyclic amines) is 1. The predicted octanol–water partition coefficient (Wildman–Crippen LogP) is 2.03. The van der Waals surface area contributed by atoms with Crippen LogP contribution < -0.4 is 10.6 Å². The van der Waals surface area contributed by atoms with E-state index in [1.54, 1.807) is 36.2 Å². The van der Waals surface area contributed by atoms with Gasteiger partial charge in [-0.05, 0) is 23.8 Å². The van der Waals surface area contributed by atoms with E-state index in [-0.39, 0.29) is 24.1 Å². The molecule has 1 aliphatic heterocycles. The van der Waals surface area contributed by atoms with Crippen LogP contribution >= 0.6 is 0 Å². The molecule has 0 saturated carbocycles. The van der Waals surface area contributed by atoms with E-state index < -0.39 is 5.92 Å². The molecule has 1 saturated heterocycles. The molecule has 1 aliphatic rings. The van der Waals surface area contributed by atoms with E-state index in [1.165, 1.54) is 0 Å². The molecule has 0 aromatic heterocycles. The summed E-state index contributed by atoms with van der Waals surface area (Å²) in [6, 6.07) is 16.4. The first kappa shape index (κ1) is 17.7. The molecular weight excluding hydrogens is 330 g/mol. The monoisotopic (exact) mass is 351 g/mol. The molecule has 6 nitrogen and oxygen atoms in total. The van der Waals surface area contributed by atoms with Gasteiger partial charge in [-0.3, -0.25) is 14.4 Å². The van der Waals surface area contributed by atoms with Crippen molar-refractivity contribution in [2.24, 2.45) is 5.92 Å². The molecule has 0 bridgehead atoms. The first-order chi connectivity index (χ1) is 12.6. The highest BCUT2D eigenvalue weighted by molar-refractivity contribution is 5.99. The summed E-state index contributed by atoms with van der Waals surface area (Å²) >= 11 is 0. The van der Waals surface area contributed by atoms with Gasteiger partial charge in [0, 0.05) is 37.8 Å². The van der Waals surface area contributed by atoms with Gasteiger partial charge >= 0.3 is 0 Å². The molecule has 3 rings (SSSR count). The maximum atomic E-state index is 12.5. The fraction of sp³-hybridized carbons (Fsp3) is 0.250. The summed E-state index contributed by atoms with van der Waals surface area (Å²) in [4.78, 5) is 38.1. The number of hydrogen-bond donors (Lipinski definition) is 2. The lowest BCUT2D eigenvalue weighted by molar-refractivity contribution is -0.128. The zero-order chi connectivity index (χ0) is 18.5. The van der Waals surface area contributed by atoms with Crippen LogP contribution in [0.15, 0.2) is 54.6 Å².